The molecular formula is C21H29N5O2. The number of hydrogen-bond donors (Lipinski definition) is 1. The first kappa shape index (κ1) is 19.2. The number of aryl methyl sites for hydroxylation is 2. The Labute approximate surface area is 166 Å². The van der Waals surface area contributed by atoms with E-state index in [0.717, 1.165) is 68.5 Å². The van der Waals surface area contributed by atoms with Gasteiger partial charge < -0.3 is 14.8 Å². The topological polar surface area (TPSA) is 82.0 Å². The maximum Gasteiger partial charge on any atom is 0.156 e. The zero-order chi connectivity index (χ0) is 19.3. The van der Waals surface area contributed by atoms with Crippen LogP contribution in [0, 0.1) is 6.92 Å². The van der Waals surface area contributed by atoms with Crippen LogP contribution in [0.2, 0.25) is 0 Å². The molecule has 0 aromatic carbocycles. The fourth-order valence-corrected chi connectivity index (χ4v) is 4.04. The molecule has 1 atom stereocenters. The smallest absolute Gasteiger partial charge is 0.156 e. The minimum Gasteiger partial charge on any atom is -0.381 e. The Morgan fingerprint density at radius 1 is 1.14 bits per heavy atom. The molecule has 7 nitrogen and oxygen atoms in total. The number of aromatic nitrogens is 4. The molecule has 0 amide bonds. The Hall–Kier alpha value is -2.12. The summed E-state index contributed by atoms with van der Waals surface area (Å²) in [5.41, 5.74) is 4.80. The summed E-state index contributed by atoms with van der Waals surface area (Å²) in [7, 11) is 1.66. The summed E-state index contributed by atoms with van der Waals surface area (Å²) in [6.45, 7) is 4.78. The van der Waals surface area contributed by atoms with Crippen LogP contribution >= 0.6 is 0 Å². The summed E-state index contributed by atoms with van der Waals surface area (Å²) in [6, 6.07) is 2.04. The Kier molecular flexibility index (Phi) is 6.12. The summed E-state index contributed by atoms with van der Waals surface area (Å²) in [6.07, 6.45) is 6.47. The van der Waals surface area contributed by atoms with Crippen LogP contribution in [0.1, 0.15) is 59.5 Å². The molecule has 3 heterocycles. The molecule has 1 aliphatic heterocycles. The molecule has 1 aliphatic carbocycles. The maximum atomic E-state index is 5.52. The van der Waals surface area contributed by atoms with Gasteiger partial charge in [0.2, 0.25) is 0 Å². The number of rotatable bonds is 7. The van der Waals surface area contributed by atoms with Crippen LogP contribution in [0.4, 0.5) is 5.82 Å². The Morgan fingerprint density at radius 3 is 2.86 bits per heavy atom. The van der Waals surface area contributed by atoms with E-state index in [2.05, 4.69) is 22.2 Å². The van der Waals surface area contributed by atoms with Crippen molar-refractivity contribution >= 4 is 5.82 Å². The number of hydrogen-bond acceptors (Lipinski definition) is 7. The lowest BCUT2D eigenvalue weighted by molar-refractivity contribution is 0.177. The van der Waals surface area contributed by atoms with E-state index < -0.39 is 0 Å². The summed E-state index contributed by atoms with van der Waals surface area (Å²) < 4.78 is 10.8. The van der Waals surface area contributed by atoms with Crippen molar-refractivity contribution in [3.8, 4) is 0 Å². The van der Waals surface area contributed by atoms with Crippen molar-refractivity contribution in [3.63, 3.8) is 0 Å². The van der Waals surface area contributed by atoms with E-state index in [9.17, 15) is 0 Å². The second kappa shape index (κ2) is 8.92. The summed E-state index contributed by atoms with van der Waals surface area (Å²) in [5.74, 6) is 2.79. The van der Waals surface area contributed by atoms with Crippen LogP contribution in [0.25, 0.3) is 0 Å². The zero-order valence-electron chi connectivity index (χ0n) is 16.8. The first-order chi connectivity index (χ1) is 13.7. The molecule has 7 heteroatoms. The van der Waals surface area contributed by atoms with Crippen LogP contribution in [0.5, 0.6) is 0 Å². The van der Waals surface area contributed by atoms with Gasteiger partial charge in [-0.3, -0.25) is 0 Å². The molecule has 2 aliphatic rings. The third kappa shape index (κ3) is 4.47. The van der Waals surface area contributed by atoms with Crippen molar-refractivity contribution in [3.05, 3.63) is 40.4 Å². The summed E-state index contributed by atoms with van der Waals surface area (Å²) in [4.78, 5) is 18.8. The lowest BCUT2D eigenvalue weighted by Crippen LogP contribution is -2.15. The van der Waals surface area contributed by atoms with Gasteiger partial charge in [-0.05, 0) is 44.6 Å². The number of methoxy groups -OCH3 is 1. The molecule has 1 saturated heterocycles. The van der Waals surface area contributed by atoms with Crippen molar-refractivity contribution in [2.45, 2.75) is 58.0 Å². The van der Waals surface area contributed by atoms with Crippen molar-refractivity contribution in [2.75, 3.05) is 32.2 Å². The molecule has 4 rings (SSSR count). The molecule has 2 aromatic heterocycles. The highest BCUT2D eigenvalue weighted by Crippen LogP contribution is 2.25. The average molecular weight is 383 g/mol. The molecule has 1 fully saturated rings. The van der Waals surface area contributed by atoms with E-state index in [0.29, 0.717) is 18.3 Å². The van der Waals surface area contributed by atoms with Gasteiger partial charge in [-0.1, -0.05) is 0 Å². The monoisotopic (exact) mass is 383 g/mol. The molecular weight excluding hydrogens is 354 g/mol. The van der Waals surface area contributed by atoms with E-state index >= 15 is 0 Å². The van der Waals surface area contributed by atoms with Crippen molar-refractivity contribution in [1.29, 1.82) is 0 Å². The summed E-state index contributed by atoms with van der Waals surface area (Å²) in [5, 5.41) is 3.43. The number of anilines is 1. The van der Waals surface area contributed by atoms with Gasteiger partial charge in [0.25, 0.3) is 0 Å². The Bertz CT molecular complexity index is 821. The Morgan fingerprint density at radius 2 is 2.04 bits per heavy atom. The average Bonchev–Trinajstić information content (AvgIpc) is 3.23. The van der Waals surface area contributed by atoms with E-state index in [-0.39, 0.29) is 0 Å². The molecule has 0 unspecified atom stereocenters. The van der Waals surface area contributed by atoms with E-state index in [4.69, 9.17) is 19.4 Å². The van der Waals surface area contributed by atoms with Gasteiger partial charge in [0.15, 0.2) is 5.82 Å². The molecule has 2 aromatic rings. The largest absolute Gasteiger partial charge is 0.381 e. The van der Waals surface area contributed by atoms with Crippen molar-refractivity contribution < 1.29 is 9.47 Å². The molecule has 0 bridgehead atoms. The fourth-order valence-electron chi connectivity index (χ4n) is 4.04. The highest BCUT2D eigenvalue weighted by Gasteiger charge is 2.21. The van der Waals surface area contributed by atoms with Gasteiger partial charge in [-0.25, -0.2) is 19.9 Å². The van der Waals surface area contributed by atoms with Gasteiger partial charge in [0, 0.05) is 50.1 Å². The number of ether oxygens (including phenoxy) is 2. The SMILES string of the molecule is COCc1nc(NCCc2nc(C)c3c(n2)CCCC3)cc([C@@H]2CCOC2)n1. The third-order valence-electron chi connectivity index (χ3n) is 5.50. The summed E-state index contributed by atoms with van der Waals surface area (Å²) >= 11 is 0. The predicted octanol–water partition coefficient (Wildman–Crippen LogP) is 2.76. The van der Waals surface area contributed by atoms with E-state index in [1.165, 1.54) is 24.1 Å². The van der Waals surface area contributed by atoms with Crippen LogP contribution in [0.3, 0.4) is 0 Å². The molecule has 0 saturated carbocycles. The second-order valence-corrected chi connectivity index (χ2v) is 7.62. The quantitative estimate of drug-likeness (QED) is 0.787. The van der Waals surface area contributed by atoms with Crippen LogP contribution in [0.15, 0.2) is 6.07 Å². The van der Waals surface area contributed by atoms with E-state index in [1.54, 1.807) is 7.11 Å². The van der Waals surface area contributed by atoms with Crippen LogP contribution < -0.4 is 5.32 Å². The lowest BCUT2D eigenvalue weighted by atomic mass is 9.95. The predicted molar refractivity (Wildman–Crippen MR) is 107 cm³/mol. The standard InChI is InChI=1S/C21H29N5O2/c1-14-16-5-3-4-6-17(16)24-19(23-14)7-9-22-20-11-18(15-8-10-28-12-15)25-21(26-20)13-27-2/h11,15H,3-10,12-13H2,1-2H3,(H,22,25,26)/t15-/m1/s1. The number of fused-ring (bicyclic) bond motifs is 1. The molecule has 1 N–H and O–H groups in total. The first-order valence-electron chi connectivity index (χ1n) is 10.3. The van der Waals surface area contributed by atoms with Crippen LogP contribution in [-0.2, 0) is 35.3 Å². The first-order valence-corrected chi connectivity index (χ1v) is 10.3. The van der Waals surface area contributed by atoms with Gasteiger partial charge in [-0.15, -0.1) is 0 Å². The normalized spacial score (nSPS) is 18.9. The third-order valence-corrected chi connectivity index (χ3v) is 5.50. The van der Waals surface area contributed by atoms with Crippen molar-refractivity contribution in [2.24, 2.45) is 0 Å². The maximum absolute atomic E-state index is 5.52. The lowest BCUT2D eigenvalue weighted by Gasteiger charge is -2.17. The minimum atomic E-state index is 0.339. The highest BCUT2D eigenvalue weighted by atomic mass is 16.5. The minimum absolute atomic E-state index is 0.339. The second-order valence-electron chi connectivity index (χ2n) is 7.62. The van der Waals surface area contributed by atoms with Gasteiger partial charge in [-0.2, -0.15) is 0 Å². The zero-order valence-corrected chi connectivity index (χ0v) is 16.8. The number of nitrogens with one attached hydrogen (secondary N) is 1. The van der Waals surface area contributed by atoms with Crippen LogP contribution in [-0.4, -0.2) is 46.8 Å². The molecule has 150 valence electrons. The van der Waals surface area contributed by atoms with Gasteiger partial charge in [0.05, 0.1) is 12.3 Å². The van der Waals surface area contributed by atoms with Gasteiger partial charge in [0.1, 0.15) is 18.2 Å². The van der Waals surface area contributed by atoms with Crippen molar-refractivity contribution in [1.82, 2.24) is 19.9 Å². The molecule has 28 heavy (non-hydrogen) atoms. The molecule has 0 radical (unpaired) electrons. The number of nitrogens with zero attached hydrogens (tertiary/aromatic N) is 4. The Balaban J connectivity index is 1.43. The molecule has 0 spiro atoms. The van der Waals surface area contributed by atoms with E-state index in [1.807, 2.05) is 6.07 Å². The fraction of sp³-hybridized carbons (Fsp3) is 0.619. The highest BCUT2D eigenvalue weighted by molar-refractivity contribution is 5.37. The van der Waals surface area contributed by atoms with Gasteiger partial charge >= 0.3 is 0 Å².